The van der Waals surface area contributed by atoms with E-state index in [2.05, 4.69) is 36.9 Å². The minimum absolute atomic E-state index is 0.0229. The minimum atomic E-state index is -0.0229. The first-order chi connectivity index (χ1) is 14.2. The highest BCUT2D eigenvalue weighted by molar-refractivity contribution is 6.10. The van der Waals surface area contributed by atoms with Gasteiger partial charge in [0, 0.05) is 18.2 Å². The molecule has 0 fully saturated rings. The van der Waals surface area contributed by atoms with E-state index in [1.807, 2.05) is 30.3 Å². The van der Waals surface area contributed by atoms with Gasteiger partial charge >= 0.3 is 0 Å². The molecule has 0 bridgehead atoms. The van der Waals surface area contributed by atoms with Crippen molar-refractivity contribution in [1.29, 1.82) is 5.26 Å². The van der Waals surface area contributed by atoms with Crippen LogP contribution in [0.1, 0.15) is 22.8 Å². The number of nitriles is 1. The van der Waals surface area contributed by atoms with Crippen LogP contribution in [0.4, 0.5) is 0 Å². The fourth-order valence-electron chi connectivity index (χ4n) is 2.52. The van der Waals surface area contributed by atoms with E-state index < -0.39 is 0 Å². The molecule has 10 heteroatoms. The highest BCUT2D eigenvalue weighted by Gasteiger charge is 2.15. The largest absolute Gasteiger partial charge is 0.417 e. The lowest BCUT2D eigenvalue weighted by Gasteiger charge is -2.04. The quantitative estimate of drug-likeness (QED) is 0.364. The zero-order chi connectivity index (χ0) is 20.1. The van der Waals surface area contributed by atoms with Gasteiger partial charge in [0.25, 0.3) is 5.89 Å². The summed E-state index contributed by atoms with van der Waals surface area (Å²) in [6.45, 7) is -0.0229. The van der Waals surface area contributed by atoms with E-state index in [9.17, 15) is 0 Å². The summed E-state index contributed by atoms with van der Waals surface area (Å²) in [5.74, 6) is 1.05. The number of hydrogen-bond donors (Lipinski definition) is 0. The monoisotopic (exact) mass is 386 g/mol. The van der Waals surface area contributed by atoms with Crippen molar-refractivity contribution in [1.82, 2.24) is 30.4 Å². The van der Waals surface area contributed by atoms with Gasteiger partial charge in [0.05, 0.1) is 11.6 Å². The molecule has 0 saturated carbocycles. The molecule has 0 aliphatic carbocycles. The maximum absolute atomic E-state index is 8.87. The van der Waals surface area contributed by atoms with Crippen LogP contribution in [0.15, 0.2) is 64.2 Å². The highest BCUT2D eigenvalue weighted by atomic mass is 16.6. The van der Waals surface area contributed by atoms with E-state index in [1.165, 1.54) is 4.68 Å². The topological polar surface area (TPSA) is 128 Å². The molecule has 0 radical (unpaired) electrons. The van der Waals surface area contributed by atoms with Crippen molar-refractivity contribution in [2.75, 3.05) is 0 Å². The number of aryl methyl sites for hydroxylation is 1. The predicted octanol–water partition coefficient (Wildman–Crippen LogP) is 2.10. The summed E-state index contributed by atoms with van der Waals surface area (Å²) in [6.07, 6.45) is 0. The Kier molecular flexibility index (Phi) is 5.02. The first-order valence-electron chi connectivity index (χ1n) is 8.55. The molecule has 2 aromatic carbocycles. The van der Waals surface area contributed by atoms with Crippen molar-refractivity contribution in [3.05, 3.63) is 77.4 Å². The normalized spacial score (nSPS) is 11.2. The Labute approximate surface area is 165 Å². The second-order valence-electron chi connectivity index (χ2n) is 5.90. The number of benzene rings is 2. The summed E-state index contributed by atoms with van der Waals surface area (Å²) in [5.41, 5.74) is 2.54. The Hall–Kier alpha value is -4.39. The van der Waals surface area contributed by atoms with Crippen LogP contribution in [0, 0.1) is 11.3 Å². The molecule has 0 unspecified atom stereocenters. The zero-order valence-electron chi connectivity index (χ0n) is 15.3. The van der Waals surface area contributed by atoms with E-state index in [0.29, 0.717) is 28.6 Å². The number of rotatable bonds is 6. The highest BCUT2D eigenvalue weighted by Crippen LogP contribution is 2.18. The average molecular weight is 386 g/mol. The van der Waals surface area contributed by atoms with Crippen molar-refractivity contribution in [2.45, 2.75) is 6.61 Å². The summed E-state index contributed by atoms with van der Waals surface area (Å²) in [6, 6.07) is 18.3. The molecule has 2 heterocycles. The van der Waals surface area contributed by atoms with Gasteiger partial charge in [-0.15, -0.1) is 15.3 Å². The molecule has 0 N–H and O–H groups in total. The van der Waals surface area contributed by atoms with Crippen LogP contribution >= 0.6 is 0 Å². The summed E-state index contributed by atoms with van der Waals surface area (Å²) < 4.78 is 7.11. The lowest BCUT2D eigenvalue weighted by Crippen LogP contribution is -2.12. The van der Waals surface area contributed by atoms with Gasteiger partial charge in [-0.3, -0.25) is 0 Å². The number of nitrogens with zero attached hydrogens (tertiary/aromatic N) is 8. The van der Waals surface area contributed by atoms with Gasteiger partial charge in [-0.1, -0.05) is 35.5 Å². The zero-order valence-corrected chi connectivity index (χ0v) is 15.3. The minimum Gasteiger partial charge on any atom is -0.417 e. The number of aromatic nitrogens is 6. The fraction of sp³-hybridized carbons (Fsp3) is 0.105. The van der Waals surface area contributed by atoms with Crippen molar-refractivity contribution >= 4 is 5.71 Å². The summed E-state index contributed by atoms with van der Waals surface area (Å²) in [7, 11) is 1.72. The SMILES string of the molecule is Cn1nnnc1/C(=N\OCc1nnc(-c2ccc(C#N)cc2)o1)c1ccccc1. The van der Waals surface area contributed by atoms with E-state index >= 15 is 0 Å². The van der Waals surface area contributed by atoms with Gasteiger partial charge in [-0.05, 0) is 34.7 Å². The molecule has 29 heavy (non-hydrogen) atoms. The van der Waals surface area contributed by atoms with Crippen molar-refractivity contribution in [3.8, 4) is 17.5 Å². The van der Waals surface area contributed by atoms with Gasteiger partial charge in [0.2, 0.25) is 11.7 Å². The number of oxime groups is 1. The smallest absolute Gasteiger partial charge is 0.257 e. The molecule has 10 nitrogen and oxygen atoms in total. The summed E-state index contributed by atoms with van der Waals surface area (Å²) in [5, 5.41) is 32.5. The summed E-state index contributed by atoms with van der Waals surface area (Å²) >= 11 is 0. The number of hydrogen-bond acceptors (Lipinski definition) is 9. The van der Waals surface area contributed by atoms with Crippen LogP contribution < -0.4 is 0 Å². The standard InChI is InChI=1S/C19H14N8O2/c1-27-18(22-25-26-27)17(14-5-3-2-4-6-14)24-28-12-16-21-23-19(29-16)15-9-7-13(11-20)8-10-15/h2-10H,12H2,1H3/b24-17-. The molecule has 0 atom stereocenters. The van der Waals surface area contributed by atoms with E-state index in [0.717, 1.165) is 5.56 Å². The maximum atomic E-state index is 8.87. The maximum Gasteiger partial charge on any atom is 0.257 e. The summed E-state index contributed by atoms with van der Waals surface area (Å²) in [4.78, 5) is 5.44. The second kappa shape index (κ2) is 8.10. The molecule has 142 valence electrons. The third kappa shape index (κ3) is 3.98. The second-order valence-corrected chi connectivity index (χ2v) is 5.90. The van der Waals surface area contributed by atoms with Gasteiger partial charge < -0.3 is 9.25 Å². The third-order valence-electron chi connectivity index (χ3n) is 3.95. The average Bonchev–Trinajstić information content (AvgIpc) is 3.41. The van der Waals surface area contributed by atoms with E-state index in [4.69, 9.17) is 14.5 Å². The predicted molar refractivity (Wildman–Crippen MR) is 100 cm³/mol. The Morgan fingerprint density at radius 1 is 1.10 bits per heavy atom. The lowest BCUT2D eigenvalue weighted by molar-refractivity contribution is 0.111. The Morgan fingerprint density at radius 2 is 1.90 bits per heavy atom. The molecule has 0 aliphatic heterocycles. The van der Waals surface area contributed by atoms with Crippen LogP contribution in [-0.2, 0) is 18.5 Å². The molecular weight excluding hydrogens is 372 g/mol. The van der Waals surface area contributed by atoms with Gasteiger partial charge in [0.1, 0.15) is 0 Å². The molecule has 4 aromatic rings. The van der Waals surface area contributed by atoms with Crippen LogP contribution in [0.2, 0.25) is 0 Å². The van der Waals surface area contributed by atoms with Crippen LogP contribution in [0.25, 0.3) is 11.5 Å². The van der Waals surface area contributed by atoms with Crippen molar-refractivity contribution in [2.24, 2.45) is 12.2 Å². The molecule has 0 aliphatic rings. The first-order valence-corrected chi connectivity index (χ1v) is 8.55. The first kappa shape index (κ1) is 18.0. The molecule has 2 aromatic heterocycles. The Balaban J connectivity index is 1.51. The van der Waals surface area contributed by atoms with E-state index in [-0.39, 0.29) is 12.5 Å². The van der Waals surface area contributed by atoms with E-state index in [1.54, 1.807) is 31.3 Å². The molecule has 0 spiro atoms. The van der Waals surface area contributed by atoms with Gasteiger partial charge in [0.15, 0.2) is 12.3 Å². The van der Waals surface area contributed by atoms with Crippen LogP contribution in [-0.4, -0.2) is 36.1 Å². The van der Waals surface area contributed by atoms with Gasteiger partial charge in [-0.25, -0.2) is 4.68 Å². The molecule has 0 saturated heterocycles. The fourth-order valence-corrected chi connectivity index (χ4v) is 2.52. The number of tetrazole rings is 1. The Bertz CT molecular complexity index is 1170. The molecular formula is C19H14N8O2. The molecule has 4 rings (SSSR count). The molecule has 0 amide bonds. The third-order valence-corrected chi connectivity index (χ3v) is 3.95. The van der Waals surface area contributed by atoms with Gasteiger partial charge in [-0.2, -0.15) is 5.26 Å². The Morgan fingerprint density at radius 3 is 2.59 bits per heavy atom. The van der Waals surface area contributed by atoms with Crippen LogP contribution in [0.5, 0.6) is 0 Å². The van der Waals surface area contributed by atoms with Crippen molar-refractivity contribution < 1.29 is 9.25 Å². The van der Waals surface area contributed by atoms with Crippen molar-refractivity contribution in [3.63, 3.8) is 0 Å². The lowest BCUT2D eigenvalue weighted by atomic mass is 10.1. The van der Waals surface area contributed by atoms with Crippen LogP contribution in [0.3, 0.4) is 0 Å².